The first-order valence-electron chi connectivity index (χ1n) is 5.36. The van der Waals surface area contributed by atoms with Crippen LogP contribution in [0.25, 0.3) is 0 Å². The summed E-state index contributed by atoms with van der Waals surface area (Å²) in [4.78, 5) is 0. The summed E-state index contributed by atoms with van der Waals surface area (Å²) in [7, 11) is 0. The molecule has 0 bridgehead atoms. The van der Waals surface area contributed by atoms with Crippen molar-refractivity contribution in [3.8, 4) is 0 Å². The Balaban J connectivity index is 0.000000125. The molecule has 2 unspecified atom stereocenters. The maximum Gasteiger partial charge on any atom is 0.104 e. The third-order valence-corrected chi connectivity index (χ3v) is 2.67. The first-order chi connectivity index (χ1) is 7.84. The van der Waals surface area contributed by atoms with Gasteiger partial charge < -0.3 is 14.2 Å². The third kappa shape index (κ3) is 5.61. The number of halogens is 1. The molecule has 3 nitrogen and oxygen atoms in total. The standard InChI is InChI=1S/C6H5Br.C6H10O3/c7-6-4-2-1-3-5-6;1(5-3-8-5)7-2-6-4-9-6/h1-5H;5-6H,1-4H2. The number of benzene rings is 1. The summed E-state index contributed by atoms with van der Waals surface area (Å²) in [6.07, 6.45) is 0.785. The molecule has 0 saturated carbocycles. The van der Waals surface area contributed by atoms with Crippen LogP contribution in [0, 0.1) is 0 Å². The third-order valence-electron chi connectivity index (χ3n) is 2.15. The van der Waals surface area contributed by atoms with Gasteiger partial charge in [-0.3, -0.25) is 0 Å². The highest BCUT2D eigenvalue weighted by atomic mass is 79.9. The first kappa shape index (κ1) is 12.0. The molecule has 2 aliphatic rings. The normalized spacial score (nSPS) is 25.6. The lowest BCUT2D eigenvalue weighted by molar-refractivity contribution is 0.102. The van der Waals surface area contributed by atoms with Gasteiger partial charge in [-0.05, 0) is 12.1 Å². The first-order valence-corrected chi connectivity index (χ1v) is 6.15. The second-order valence-corrected chi connectivity index (χ2v) is 4.66. The molecule has 0 N–H and O–H groups in total. The van der Waals surface area contributed by atoms with Gasteiger partial charge in [-0.1, -0.05) is 34.1 Å². The average molecular weight is 287 g/mol. The van der Waals surface area contributed by atoms with Gasteiger partial charge in [-0.25, -0.2) is 0 Å². The Kier molecular flexibility index (Phi) is 4.78. The molecule has 2 heterocycles. The smallest absolute Gasteiger partial charge is 0.104 e. The summed E-state index contributed by atoms with van der Waals surface area (Å²) in [6.45, 7) is 3.26. The lowest BCUT2D eigenvalue weighted by Gasteiger charge is -1.95. The second kappa shape index (κ2) is 6.35. The highest BCUT2D eigenvalue weighted by molar-refractivity contribution is 9.10. The Morgan fingerprint density at radius 1 is 1.06 bits per heavy atom. The average Bonchev–Trinajstić information content (AvgIpc) is 3.14. The number of rotatable bonds is 4. The van der Waals surface area contributed by atoms with Crippen molar-refractivity contribution in [1.82, 2.24) is 0 Å². The minimum Gasteiger partial charge on any atom is -0.376 e. The Hall–Kier alpha value is -0.420. The zero-order valence-corrected chi connectivity index (χ0v) is 10.6. The van der Waals surface area contributed by atoms with Crippen LogP contribution in [0.1, 0.15) is 0 Å². The van der Waals surface area contributed by atoms with Gasteiger partial charge in [-0.15, -0.1) is 0 Å². The van der Waals surface area contributed by atoms with Gasteiger partial charge in [0.15, 0.2) is 0 Å². The van der Waals surface area contributed by atoms with Gasteiger partial charge in [0.1, 0.15) is 12.2 Å². The molecule has 16 heavy (non-hydrogen) atoms. The molecule has 0 aromatic heterocycles. The maximum absolute atomic E-state index is 5.23. The van der Waals surface area contributed by atoms with Crippen molar-refractivity contribution < 1.29 is 14.2 Å². The monoisotopic (exact) mass is 286 g/mol. The van der Waals surface area contributed by atoms with E-state index in [1.54, 1.807) is 0 Å². The van der Waals surface area contributed by atoms with E-state index in [0.29, 0.717) is 12.2 Å². The Labute approximate surface area is 104 Å². The van der Waals surface area contributed by atoms with Crippen LogP contribution in [-0.4, -0.2) is 38.6 Å². The minimum atomic E-state index is 0.392. The maximum atomic E-state index is 5.23. The predicted molar refractivity (Wildman–Crippen MR) is 64.4 cm³/mol. The second-order valence-electron chi connectivity index (χ2n) is 3.74. The molecule has 2 aliphatic heterocycles. The SMILES string of the molecule is Brc1ccccc1.C(OCC1CO1)C1CO1. The number of hydrogen-bond acceptors (Lipinski definition) is 3. The fraction of sp³-hybridized carbons (Fsp3) is 0.500. The topological polar surface area (TPSA) is 34.3 Å². The van der Waals surface area contributed by atoms with E-state index in [0.717, 1.165) is 30.9 Å². The largest absolute Gasteiger partial charge is 0.376 e. The molecular weight excluding hydrogens is 272 g/mol. The van der Waals surface area contributed by atoms with E-state index in [-0.39, 0.29) is 0 Å². The van der Waals surface area contributed by atoms with Gasteiger partial charge in [-0.2, -0.15) is 0 Å². The molecule has 0 aliphatic carbocycles. The van der Waals surface area contributed by atoms with Crippen molar-refractivity contribution in [2.75, 3.05) is 26.4 Å². The molecule has 0 radical (unpaired) electrons. The fourth-order valence-corrected chi connectivity index (χ4v) is 1.38. The molecule has 2 saturated heterocycles. The van der Waals surface area contributed by atoms with Crippen molar-refractivity contribution in [1.29, 1.82) is 0 Å². The Morgan fingerprint density at radius 2 is 1.56 bits per heavy atom. The molecule has 2 fully saturated rings. The van der Waals surface area contributed by atoms with Crippen LogP contribution in [0.15, 0.2) is 34.8 Å². The summed E-state index contributed by atoms with van der Waals surface area (Å²) in [5.74, 6) is 0. The van der Waals surface area contributed by atoms with Crippen LogP contribution >= 0.6 is 15.9 Å². The van der Waals surface area contributed by atoms with E-state index in [9.17, 15) is 0 Å². The van der Waals surface area contributed by atoms with Crippen molar-refractivity contribution in [2.24, 2.45) is 0 Å². The van der Waals surface area contributed by atoms with Gasteiger partial charge in [0.05, 0.1) is 26.4 Å². The lowest BCUT2D eigenvalue weighted by Crippen LogP contribution is -2.06. The Morgan fingerprint density at radius 3 is 1.88 bits per heavy atom. The molecule has 0 amide bonds. The van der Waals surface area contributed by atoms with Crippen LogP contribution in [0.2, 0.25) is 0 Å². The minimum absolute atomic E-state index is 0.392. The van der Waals surface area contributed by atoms with Crippen LogP contribution in [0.5, 0.6) is 0 Å². The van der Waals surface area contributed by atoms with E-state index in [1.165, 1.54) is 0 Å². The van der Waals surface area contributed by atoms with E-state index in [4.69, 9.17) is 14.2 Å². The summed E-state index contributed by atoms with van der Waals surface area (Å²) in [5, 5.41) is 0. The van der Waals surface area contributed by atoms with E-state index >= 15 is 0 Å². The lowest BCUT2D eigenvalue weighted by atomic mass is 10.4. The predicted octanol–water partition coefficient (Wildman–Crippen LogP) is 2.25. The quantitative estimate of drug-likeness (QED) is 0.797. The van der Waals surface area contributed by atoms with E-state index in [1.807, 2.05) is 30.3 Å². The summed E-state index contributed by atoms with van der Waals surface area (Å²) < 4.78 is 16.3. The summed E-state index contributed by atoms with van der Waals surface area (Å²) in [6, 6.07) is 9.97. The van der Waals surface area contributed by atoms with Gasteiger partial charge in [0.25, 0.3) is 0 Å². The summed E-state index contributed by atoms with van der Waals surface area (Å²) in [5.41, 5.74) is 0. The van der Waals surface area contributed by atoms with Gasteiger partial charge >= 0.3 is 0 Å². The zero-order chi connectivity index (χ0) is 11.2. The molecule has 4 heteroatoms. The highest BCUT2D eigenvalue weighted by Crippen LogP contribution is 2.12. The fourth-order valence-electron chi connectivity index (χ4n) is 1.07. The van der Waals surface area contributed by atoms with Crippen molar-refractivity contribution in [2.45, 2.75) is 12.2 Å². The van der Waals surface area contributed by atoms with Crippen LogP contribution in [-0.2, 0) is 14.2 Å². The van der Waals surface area contributed by atoms with Gasteiger partial charge in [0, 0.05) is 4.47 Å². The van der Waals surface area contributed by atoms with E-state index < -0.39 is 0 Å². The number of hydrogen-bond donors (Lipinski definition) is 0. The summed E-state index contributed by atoms with van der Waals surface area (Å²) >= 11 is 3.31. The van der Waals surface area contributed by atoms with Crippen LogP contribution < -0.4 is 0 Å². The molecule has 2 atom stereocenters. The van der Waals surface area contributed by atoms with Crippen molar-refractivity contribution in [3.05, 3.63) is 34.8 Å². The van der Waals surface area contributed by atoms with Crippen LogP contribution in [0.4, 0.5) is 0 Å². The van der Waals surface area contributed by atoms with Crippen LogP contribution in [0.3, 0.4) is 0 Å². The van der Waals surface area contributed by atoms with E-state index in [2.05, 4.69) is 15.9 Å². The molecule has 0 spiro atoms. The Bertz CT molecular complexity index is 284. The molecular formula is C12H15BrO3. The molecule has 88 valence electrons. The number of epoxide rings is 2. The molecule has 3 rings (SSSR count). The zero-order valence-electron chi connectivity index (χ0n) is 8.97. The number of ether oxygens (including phenoxy) is 3. The molecule has 1 aromatic carbocycles. The highest BCUT2D eigenvalue weighted by Gasteiger charge is 2.26. The van der Waals surface area contributed by atoms with Gasteiger partial charge in [0.2, 0.25) is 0 Å². The van der Waals surface area contributed by atoms with Crippen molar-refractivity contribution >= 4 is 15.9 Å². The van der Waals surface area contributed by atoms with Crippen molar-refractivity contribution in [3.63, 3.8) is 0 Å². The molecule has 1 aromatic rings.